The second-order valence-corrected chi connectivity index (χ2v) is 8.15. The Kier molecular flexibility index (Phi) is 5.37. The van der Waals surface area contributed by atoms with E-state index in [2.05, 4.69) is 20.5 Å². The van der Waals surface area contributed by atoms with Gasteiger partial charge in [0.1, 0.15) is 5.57 Å². The lowest BCUT2D eigenvalue weighted by atomic mass is 10.1. The van der Waals surface area contributed by atoms with E-state index in [1.165, 1.54) is 7.05 Å². The molecule has 0 unspecified atom stereocenters. The van der Waals surface area contributed by atoms with Crippen LogP contribution in [-0.4, -0.2) is 34.4 Å². The van der Waals surface area contributed by atoms with Gasteiger partial charge in [-0.15, -0.1) is 0 Å². The quantitative estimate of drug-likeness (QED) is 0.399. The smallest absolute Gasteiger partial charge is 0.317 e. The van der Waals surface area contributed by atoms with Crippen molar-refractivity contribution in [1.82, 2.24) is 9.47 Å². The van der Waals surface area contributed by atoms with Crippen LogP contribution in [0, 0.1) is 13.8 Å². The number of aromatic nitrogens is 1. The predicted octanol–water partition coefficient (Wildman–Crippen LogP) is 4.87. The molecular formula is C24H20BrN3O3. The summed E-state index contributed by atoms with van der Waals surface area (Å²) in [4.78, 5) is 40.7. The maximum Gasteiger partial charge on any atom is 0.338 e. The molecule has 0 atom stereocenters. The number of benzene rings is 2. The van der Waals surface area contributed by atoms with Gasteiger partial charge in [-0.2, -0.15) is 0 Å². The normalized spacial score (nSPS) is 15.9. The fourth-order valence-corrected chi connectivity index (χ4v) is 4.20. The van der Waals surface area contributed by atoms with Gasteiger partial charge in [-0.3, -0.25) is 14.5 Å². The molecule has 1 saturated heterocycles. The summed E-state index contributed by atoms with van der Waals surface area (Å²) >= 11 is 3.58. The number of nitrogens with zero attached hydrogens (tertiary/aromatic N) is 3. The molecule has 0 aliphatic carbocycles. The van der Waals surface area contributed by atoms with E-state index >= 15 is 0 Å². The van der Waals surface area contributed by atoms with Crippen molar-refractivity contribution in [3.63, 3.8) is 0 Å². The van der Waals surface area contributed by atoms with Crippen LogP contribution in [0.25, 0.3) is 11.8 Å². The van der Waals surface area contributed by atoms with Crippen LogP contribution < -0.4 is 4.90 Å². The van der Waals surface area contributed by atoms with Crippen LogP contribution in [0.3, 0.4) is 0 Å². The molecule has 156 valence electrons. The van der Waals surface area contributed by atoms with Crippen molar-refractivity contribution in [2.75, 3.05) is 11.9 Å². The Morgan fingerprint density at radius 1 is 0.871 bits per heavy atom. The molecule has 4 rings (SSSR count). The first-order chi connectivity index (χ1) is 14.8. The zero-order chi connectivity index (χ0) is 22.3. The number of barbiturate groups is 1. The lowest BCUT2D eigenvalue weighted by molar-refractivity contribution is -0.128. The van der Waals surface area contributed by atoms with Crippen molar-refractivity contribution < 1.29 is 14.4 Å². The number of carbonyl (C=O) groups is 3. The molecule has 1 aliphatic rings. The molecule has 0 bridgehead atoms. The number of urea groups is 1. The van der Waals surface area contributed by atoms with Crippen LogP contribution in [0.15, 0.2) is 70.7 Å². The molecule has 0 radical (unpaired) electrons. The third kappa shape index (κ3) is 3.51. The highest BCUT2D eigenvalue weighted by molar-refractivity contribution is 9.10. The number of anilines is 1. The summed E-state index contributed by atoms with van der Waals surface area (Å²) in [6, 6.07) is 17.7. The van der Waals surface area contributed by atoms with Crippen LogP contribution in [0.1, 0.15) is 17.0 Å². The van der Waals surface area contributed by atoms with Crippen molar-refractivity contribution in [2.45, 2.75) is 13.8 Å². The molecule has 1 aromatic heterocycles. The van der Waals surface area contributed by atoms with Crippen molar-refractivity contribution in [3.05, 3.63) is 87.7 Å². The fraction of sp³-hybridized carbons (Fsp3) is 0.125. The van der Waals surface area contributed by atoms with Gasteiger partial charge in [0.2, 0.25) is 0 Å². The highest BCUT2D eigenvalue weighted by atomic mass is 79.9. The predicted molar refractivity (Wildman–Crippen MR) is 123 cm³/mol. The zero-order valence-corrected chi connectivity index (χ0v) is 18.9. The second-order valence-electron chi connectivity index (χ2n) is 7.29. The molecule has 1 fully saturated rings. The van der Waals surface area contributed by atoms with Gasteiger partial charge in [0, 0.05) is 22.9 Å². The Morgan fingerprint density at radius 2 is 1.52 bits per heavy atom. The standard InChI is InChI=1S/C24H20BrN3O3/c1-15-13-17(16(2)27(15)21-12-8-7-11-20(21)25)14-19-22(29)26(3)24(31)28(23(19)30)18-9-5-4-6-10-18/h4-14H,1-3H3/b19-14+. The van der Waals surface area contributed by atoms with Crippen LogP contribution in [-0.2, 0) is 9.59 Å². The largest absolute Gasteiger partial charge is 0.338 e. The monoisotopic (exact) mass is 477 g/mol. The molecule has 31 heavy (non-hydrogen) atoms. The van der Waals surface area contributed by atoms with Gasteiger partial charge >= 0.3 is 6.03 Å². The Hall–Kier alpha value is -3.45. The minimum atomic E-state index is -0.669. The van der Waals surface area contributed by atoms with E-state index < -0.39 is 17.8 Å². The summed E-state index contributed by atoms with van der Waals surface area (Å²) in [6.45, 7) is 3.89. The molecule has 0 spiro atoms. The Bertz CT molecular complexity index is 1240. The van der Waals surface area contributed by atoms with Gasteiger partial charge in [-0.1, -0.05) is 30.3 Å². The molecule has 6 nitrogen and oxygen atoms in total. The van der Waals surface area contributed by atoms with Crippen LogP contribution in [0.5, 0.6) is 0 Å². The van der Waals surface area contributed by atoms with E-state index in [0.717, 1.165) is 36.9 Å². The van der Waals surface area contributed by atoms with E-state index in [4.69, 9.17) is 0 Å². The molecule has 1 aliphatic heterocycles. The number of imide groups is 2. The summed E-state index contributed by atoms with van der Waals surface area (Å²) in [5.74, 6) is -1.25. The van der Waals surface area contributed by atoms with Crippen LogP contribution in [0.4, 0.5) is 10.5 Å². The topological polar surface area (TPSA) is 62.6 Å². The zero-order valence-electron chi connectivity index (χ0n) is 17.3. The molecule has 2 heterocycles. The molecule has 3 aromatic rings. The molecule has 4 amide bonds. The number of hydrogen-bond donors (Lipinski definition) is 0. The number of halogens is 1. The lowest BCUT2D eigenvalue weighted by Crippen LogP contribution is -2.55. The van der Waals surface area contributed by atoms with E-state index in [0.29, 0.717) is 5.69 Å². The molecule has 2 aromatic carbocycles. The minimum Gasteiger partial charge on any atom is -0.317 e. The maximum atomic E-state index is 13.2. The highest BCUT2D eigenvalue weighted by Gasteiger charge is 2.41. The summed E-state index contributed by atoms with van der Waals surface area (Å²) in [5, 5.41) is 0. The van der Waals surface area contributed by atoms with Crippen molar-refractivity contribution in [1.29, 1.82) is 0 Å². The van der Waals surface area contributed by atoms with E-state index in [-0.39, 0.29) is 5.57 Å². The molecule has 0 saturated carbocycles. The third-order valence-electron chi connectivity index (χ3n) is 5.32. The average Bonchev–Trinajstić information content (AvgIpc) is 3.04. The van der Waals surface area contributed by atoms with E-state index in [1.54, 1.807) is 36.4 Å². The van der Waals surface area contributed by atoms with Gasteiger partial charge < -0.3 is 4.57 Å². The van der Waals surface area contributed by atoms with E-state index in [9.17, 15) is 14.4 Å². The number of para-hydroxylation sites is 2. The first-order valence-corrected chi connectivity index (χ1v) is 10.5. The molecule has 7 heteroatoms. The lowest BCUT2D eigenvalue weighted by Gasteiger charge is -2.31. The Morgan fingerprint density at radius 3 is 2.19 bits per heavy atom. The first kappa shape index (κ1) is 20.8. The summed E-state index contributed by atoms with van der Waals surface area (Å²) in [6.07, 6.45) is 1.57. The molecule has 0 N–H and O–H groups in total. The van der Waals surface area contributed by atoms with Crippen molar-refractivity contribution >= 4 is 45.5 Å². The van der Waals surface area contributed by atoms with Gasteiger partial charge in [0.05, 0.1) is 11.4 Å². The second kappa shape index (κ2) is 8.00. The van der Waals surface area contributed by atoms with Crippen LogP contribution >= 0.6 is 15.9 Å². The third-order valence-corrected chi connectivity index (χ3v) is 6.00. The van der Waals surface area contributed by atoms with Gasteiger partial charge in [0.15, 0.2) is 0 Å². The number of likely N-dealkylation sites (N-methyl/N-ethyl adjacent to an activating group) is 1. The average molecular weight is 478 g/mol. The maximum absolute atomic E-state index is 13.2. The van der Waals surface area contributed by atoms with E-state index in [1.807, 2.05) is 44.2 Å². The fourth-order valence-electron chi connectivity index (χ4n) is 3.74. The minimum absolute atomic E-state index is 0.0571. The number of aryl methyl sites for hydroxylation is 1. The van der Waals surface area contributed by atoms with Crippen LogP contribution in [0.2, 0.25) is 0 Å². The number of carbonyl (C=O) groups excluding carboxylic acids is 3. The summed E-state index contributed by atoms with van der Waals surface area (Å²) < 4.78 is 2.99. The van der Waals surface area contributed by atoms with Crippen molar-refractivity contribution in [3.8, 4) is 5.69 Å². The van der Waals surface area contributed by atoms with Gasteiger partial charge in [-0.05, 0) is 71.7 Å². The Balaban J connectivity index is 1.82. The van der Waals surface area contributed by atoms with Crippen molar-refractivity contribution in [2.24, 2.45) is 0 Å². The first-order valence-electron chi connectivity index (χ1n) is 9.68. The highest BCUT2D eigenvalue weighted by Crippen LogP contribution is 2.30. The summed E-state index contributed by atoms with van der Waals surface area (Å²) in [5.41, 5.74) is 3.89. The molecular weight excluding hydrogens is 458 g/mol. The summed E-state index contributed by atoms with van der Waals surface area (Å²) in [7, 11) is 1.38. The number of rotatable bonds is 3. The SMILES string of the molecule is Cc1cc(/C=C2\C(=O)N(C)C(=O)N(c3ccccc3)C2=O)c(C)n1-c1ccccc1Br. The number of hydrogen-bond acceptors (Lipinski definition) is 3. The number of amides is 4. The Labute approximate surface area is 188 Å². The van der Waals surface area contributed by atoms with Gasteiger partial charge in [-0.25, -0.2) is 9.69 Å². The van der Waals surface area contributed by atoms with Gasteiger partial charge in [0.25, 0.3) is 11.8 Å².